The number of nitrogens with one attached hydrogen (secondary N) is 2. The Labute approximate surface area is 199 Å². The number of alkyl carbamates (subject to hydrolysis) is 1. The van der Waals surface area contributed by atoms with E-state index in [1.807, 2.05) is 48.5 Å². The summed E-state index contributed by atoms with van der Waals surface area (Å²) < 4.78 is 32.9. The van der Waals surface area contributed by atoms with Gasteiger partial charge in [0.1, 0.15) is 18.2 Å². The van der Waals surface area contributed by atoms with E-state index < -0.39 is 46.9 Å². The fraction of sp³-hybridized carbons (Fsp3) is 0.192. The molecule has 0 unspecified atom stereocenters. The van der Waals surface area contributed by atoms with Crippen LogP contribution in [0.5, 0.6) is 0 Å². The number of carboxylic acids is 1. The molecule has 1 aliphatic rings. The molecule has 35 heavy (non-hydrogen) atoms. The third-order valence-corrected chi connectivity index (χ3v) is 5.76. The largest absolute Gasteiger partial charge is 0.478 e. The second-order valence-electron chi connectivity index (χ2n) is 8.24. The predicted molar refractivity (Wildman–Crippen MR) is 124 cm³/mol. The minimum atomic E-state index is -1.59. The van der Waals surface area contributed by atoms with Gasteiger partial charge in [-0.25, -0.2) is 18.4 Å². The molecular formula is C26H22F2N2O5. The zero-order valence-electron chi connectivity index (χ0n) is 18.7. The first-order valence-electron chi connectivity index (χ1n) is 10.9. The van der Waals surface area contributed by atoms with Gasteiger partial charge in [-0.05, 0) is 35.2 Å². The number of hydrogen-bond donors (Lipinski definition) is 3. The number of ether oxygens (including phenoxy) is 1. The summed E-state index contributed by atoms with van der Waals surface area (Å²) in [6.45, 7) is 1.67. The number of carboxylic acid groups (broad SMARTS) is 1. The van der Waals surface area contributed by atoms with Crippen molar-refractivity contribution < 1.29 is 33.0 Å². The van der Waals surface area contributed by atoms with Crippen molar-refractivity contribution in [3.63, 3.8) is 0 Å². The molecular weight excluding hydrogens is 458 g/mol. The van der Waals surface area contributed by atoms with Gasteiger partial charge in [-0.1, -0.05) is 48.5 Å². The fourth-order valence-corrected chi connectivity index (χ4v) is 4.18. The first-order valence-corrected chi connectivity index (χ1v) is 10.9. The molecule has 2 amide bonds. The highest BCUT2D eigenvalue weighted by molar-refractivity contribution is 5.94. The molecule has 0 radical (unpaired) electrons. The number of fused-ring (bicyclic) bond motifs is 3. The molecule has 3 N–H and O–H groups in total. The third-order valence-electron chi connectivity index (χ3n) is 5.76. The monoisotopic (exact) mass is 480 g/mol. The molecule has 7 nitrogen and oxygen atoms in total. The Morgan fingerprint density at radius 3 is 2.17 bits per heavy atom. The van der Waals surface area contributed by atoms with Gasteiger partial charge in [0.2, 0.25) is 5.91 Å². The summed E-state index contributed by atoms with van der Waals surface area (Å²) in [7, 11) is 0. The fourth-order valence-electron chi connectivity index (χ4n) is 4.18. The lowest BCUT2D eigenvalue weighted by Crippen LogP contribution is -2.36. The maximum Gasteiger partial charge on any atom is 0.407 e. The Bertz CT molecular complexity index is 1270. The van der Waals surface area contributed by atoms with Crippen molar-refractivity contribution in [2.24, 2.45) is 0 Å². The summed E-state index contributed by atoms with van der Waals surface area (Å²) >= 11 is 0. The quantitative estimate of drug-likeness (QED) is 0.445. The minimum Gasteiger partial charge on any atom is -0.478 e. The molecule has 0 spiro atoms. The number of anilines is 1. The summed E-state index contributed by atoms with van der Waals surface area (Å²) in [5.74, 6) is -4.77. The molecule has 180 valence electrons. The highest BCUT2D eigenvalue weighted by Gasteiger charge is 2.29. The van der Waals surface area contributed by atoms with Crippen LogP contribution in [-0.2, 0) is 9.53 Å². The number of rotatable bonds is 7. The molecule has 0 heterocycles. The molecule has 1 aliphatic carbocycles. The summed E-state index contributed by atoms with van der Waals surface area (Å²) in [6, 6.07) is 16.2. The third kappa shape index (κ3) is 5.13. The molecule has 9 heteroatoms. The summed E-state index contributed by atoms with van der Waals surface area (Å²) in [5.41, 5.74) is 3.09. The zero-order valence-corrected chi connectivity index (χ0v) is 18.7. The van der Waals surface area contributed by atoms with E-state index in [4.69, 9.17) is 9.84 Å². The van der Waals surface area contributed by atoms with Gasteiger partial charge in [-0.15, -0.1) is 0 Å². The first kappa shape index (κ1) is 23.9. The van der Waals surface area contributed by atoms with E-state index in [-0.39, 0.29) is 18.9 Å². The molecule has 0 saturated carbocycles. The van der Waals surface area contributed by atoms with Crippen LogP contribution in [0.25, 0.3) is 11.1 Å². The number of aromatic carboxylic acids is 1. The topological polar surface area (TPSA) is 105 Å². The Hall–Kier alpha value is -4.27. The van der Waals surface area contributed by atoms with Crippen LogP contribution in [0.4, 0.5) is 19.3 Å². The number of carbonyl (C=O) groups excluding carboxylic acids is 2. The Morgan fingerprint density at radius 2 is 1.57 bits per heavy atom. The summed E-state index contributed by atoms with van der Waals surface area (Å²) in [6.07, 6.45) is -0.961. The van der Waals surface area contributed by atoms with Crippen LogP contribution in [-0.4, -0.2) is 35.7 Å². The molecule has 0 saturated heterocycles. The number of amides is 2. The standard InChI is InChI=1S/C26H22F2N2O5/c1-14(10-24(31)30-23-11-19(25(32)33)21(27)12-22(23)28)29-26(34)35-13-20-17-8-4-2-6-15(17)16-7-3-5-9-18(16)20/h2-9,11-12,14,20H,10,13H2,1H3,(H,29,34)(H,30,31)(H,32,33)/t14-/m0/s1. The van der Waals surface area contributed by atoms with Gasteiger partial charge in [-0.3, -0.25) is 4.79 Å². The van der Waals surface area contributed by atoms with E-state index in [0.717, 1.165) is 22.3 Å². The second-order valence-corrected chi connectivity index (χ2v) is 8.24. The lowest BCUT2D eigenvalue weighted by Gasteiger charge is -2.17. The van der Waals surface area contributed by atoms with Crippen molar-refractivity contribution in [2.75, 3.05) is 11.9 Å². The maximum absolute atomic E-state index is 13.9. The predicted octanol–water partition coefficient (Wildman–Crippen LogP) is 4.92. The SMILES string of the molecule is C[C@@H](CC(=O)Nc1cc(C(=O)O)c(F)cc1F)NC(=O)OCC1c2ccccc2-c2ccccc21. The average molecular weight is 480 g/mol. The highest BCUT2D eigenvalue weighted by atomic mass is 19.1. The maximum atomic E-state index is 13.9. The van der Waals surface area contributed by atoms with Crippen molar-refractivity contribution >= 4 is 23.7 Å². The number of benzene rings is 3. The first-order chi connectivity index (χ1) is 16.7. The molecule has 3 aromatic carbocycles. The van der Waals surface area contributed by atoms with Gasteiger partial charge >= 0.3 is 12.1 Å². The lowest BCUT2D eigenvalue weighted by atomic mass is 9.98. The van der Waals surface area contributed by atoms with E-state index in [0.29, 0.717) is 12.1 Å². The molecule has 3 aromatic rings. The van der Waals surface area contributed by atoms with Crippen LogP contribution in [0, 0.1) is 11.6 Å². The molecule has 0 fully saturated rings. The van der Waals surface area contributed by atoms with E-state index in [1.165, 1.54) is 0 Å². The van der Waals surface area contributed by atoms with Crippen LogP contribution in [0.15, 0.2) is 60.7 Å². The summed E-state index contributed by atoms with van der Waals surface area (Å²) in [5, 5.41) is 13.7. The van der Waals surface area contributed by atoms with Crippen LogP contribution < -0.4 is 10.6 Å². The van der Waals surface area contributed by atoms with Gasteiger partial charge in [-0.2, -0.15) is 0 Å². The highest BCUT2D eigenvalue weighted by Crippen LogP contribution is 2.44. The number of carbonyl (C=O) groups is 3. The van der Waals surface area contributed by atoms with Crippen LogP contribution in [0.1, 0.15) is 40.7 Å². The van der Waals surface area contributed by atoms with Gasteiger partial charge < -0.3 is 20.5 Å². The molecule has 0 aromatic heterocycles. The molecule has 1 atom stereocenters. The van der Waals surface area contributed by atoms with Crippen LogP contribution in [0.2, 0.25) is 0 Å². The minimum absolute atomic E-state index is 0.109. The Morgan fingerprint density at radius 1 is 0.971 bits per heavy atom. The van der Waals surface area contributed by atoms with Gasteiger partial charge in [0.15, 0.2) is 0 Å². The average Bonchev–Trinajstić information content (AvgIpc) is 3.13. The lowest BCUT2D eigenvalue weighted by molar-refractivity contribution is -0.116. The molecule has 0 bridgehead atoms. The van der Waals surface area contributed by atoms with Crippen molar-refractivity contribution in [1.82, 2.24) is 5.32 Å². The van der Waals surface area contributed by atoms with Crippen molar-refractivity contribution in [2.45, 2.75) is 25.3 Å². The van der Waals surface area contributed by atoms with Crippen LogP contribution >= 0.6 is 0 Å². The normalized spacial score (nSPS) is 12.9. The summed E-state index contributed by atoms with van der Waals surface area (Å²) in [4.78, 5) is 35.6. The van der Waals surface area contributed by atoms with Crippen molar-refractivity contribution in [3.8, 4) is 11.1 Å². The molecule has 4 rings (SSSR count). The van der Waals surface area contributed by atoms with Crippen molar-refractivity contribution in [3.05, 3.63) is 89.0 Å². The van der Waals surface area contributed by atoms with E-state index in [9.17, 15) is 23.2 Å². The van der Waals surface area contributed by atoms with Crippen molar-refractivity contribution in [1.29, 1.82) is 0 Å². The Balaban J connectivity index is 1.32. The van der Waals surface area contributed by atoms with Gasteiger partial charge in [0.25, 0.3) is 0 Å². The molecule has 0 aliphatic heterocycles. The Kier molecular flexibility index (Phi) is 6.77. The number of hydrogen-bond acceptors (Lipinski definition) is 4. The van der Waals surface area contributed by atoms with E-state index >= 15 is 0 Å². The van der Waals surface area contributed by atoms with E-state index in [2.05, 4.69) is 10.6 Å². The zero-order chi connectivity index (χ0) is 25.1. The number of halogens is 2. The second kappa shape index (κ2) is 9.92. The van der Waals surface area contributed by atoms with Gasteiger partial charge in [0.05, 0.1) is 11.3 Å². The smallest absolute Gasteiger partial charge is 0.407 e. The van der Waals surface area contributed by atoms with Crippen LogP contribution in [0.3, 0.4) is 0 Å². The van der Waals surface area contributed by atoms with E-state index in [1.54, 1.807) is 6.92 Å². The van der Waals surface area contributed by atoms with Gasteiger partial charge in [0, 0.05) is 24.4 Å².